The maximum absolute atomic E-state index is 13.7. The summed E-state index contributed by atoms with van der Waals surface area (Å²) in [5.74, 6) is -0.150. The molecule has 2 saturated heterocycles. The minimum Gasteiger partial charge on any atom is -0.497 e. The van der Waals surface area contributed by atoms with Crippen LogP contribution >= 0.6 is 0 Å². The van der Waals surface area contributed by atoms with Crippen molar-refractivity contribution >= 4 is 11.7 Å². The van der Waals surface area contributed by atoms with Gasteiger partial charge in [-0.05, 0) is 42.3 Å². The smallest absolute Gasteiger partial charge is 0.417 e. The molecule has 1 saturated carbocycles. The first-order chi connectivity index (χ1) is 16.7. The Morgan fingerprint density at radius 1 is 1.14 bits per heavy atom. The summed E-state index contributed by atoms with van der Waals surface area (Å²) >= 11 is 0. The lowest BCUT2D eigenvalue weighted by molar-refractivity contribution is -0.183. The minimum absolute atomic E-state index is 0.101. The van der Waals surface area contributed by atoms with E-state index in [-0.39, 0.29) is 17.8 Å². The number of anilines is 1. The molecule has 2 atom stereocenters. The fourth-order valence-corrected chi connectivity index (χ4v) is 5.35. The van der Waals surface area contributed by atoms with Crippen molar-refractivity contribution in [1.29, 1.82) is 5.26 Å². The van der Waals surface area contributed by atoms with Gasteiger partial charge in [-0.25, -0.2) is 4.79 Å². The zero-order valence-electron chi connectivity index (χ0n) is 19.0. The van der Waals surface area contributed by atoms with Crippen LogP contribution in [0.15, 0.2) is 42.5 Å². The number of alkyl halides is 3. The summed E-state index contributed by atoms with van der Waals surface area (Å²) < 4.78 is 58.0. The number of methoxy groups -OCH3 is 1. The number of carbonyl (C=O) groups excluding carboxylic acids is 1. The molecular formula is C25H24F3N3O4. The van der Waals surface area contributed by atoms with E-state index in [0.717, 1.165) is 17.7 Å². The Bertz CT molecular complexity index is 1160. The molecule has 0 bridgehead atoms. The van der Waals surface area contributed by atoms with E-state index in [9.17, 15) is 23.2 Å². The molecule has 5 rings (SSSR count). The Balaban J connectivity index is 1.52. The normalized spacial score (nSPS) is 23.5. The molecule has 35 heavy (non-hydrogen) atoms. The second kappa shape index (κ2) is 8.73. The van der Waals surface area contributed by atoms with Gasteiger partial charge < -0.3 is 19.1 Å². The number of nitrogens with zero attached hydrogens (tertiary/aromatic N) is 3. The van der Waals surface area contributed by atoms with Crippen molar-refractivity contribution < 1.29 is 32.2 Å². The lowest BCUT2D eigenvalue weighted by Gasteiger charge is -2.41. The van der Waals surface area contributed by atoms with Gasteiger partial charge in [-0.15, -0.1) is 0 Å². The molecule has 10 heteroatoms. The highest BCUT2D eigenvalue weighted by Crippen LogP contribution is 2.46. The lowest BCUT2D eigenvalue weighted by atomic mass is 9.85. The number of ether oxygens (including phenoxy) is 3. The number of nitriles is 1. The van der Waals surface area contributed by atoms with Gasteiger partial charge >= 0.3 is 12.2 Å². The van der Waals surface area contributed by atoms with E-state index >= 15 is 0 Å². The number of hydrogen-bond acceptors (Lipinski definition) is 5. The van der Waals surface area contributed by atoms with Gasteiger partial charge in [0.1, 0.15) is 5.75 Å². The van der Waals surface area contributed by atoms with Gasteiger partial charge in [0.05, 0.1) is 49.6 Å². The van der Waals surface area contributed by atoms with E-state index in [1.807, 2.05) is 12.1 Å². The first-order valence-corrected chi connectivity index (χ1v) is 11.4. The fraction of sp³-hybridized carbons (Fsp3) is 0.440. The number of carbonyl (C=O) groups is 1. The summed E-state index contributed by atoms with van der Waals surface area (Å²) in [4.78, 5) is 16.8. The average Bonchev–Trinajstić information content (AvgIpc) is 3.40. The van der Waals surface area contributed by atoms with Crippen LogP contribution in [0.25, 0.3) is 0 Å². The van der Waals surface area contributed by atoms with Crippen molar-refractivity contribution in [2.75, 3.05) is 25.2 Å². The third kappa shape index (κ3) is 4.19. The van der Waals surface area contributed by atoms with Crippen molar-refractivity contribution in [2.45, 2.75) is 49.9 Å². The van der Waals surface area contributed by atoms with Crippen molar-refractivity contribution in [3.63, 3.8) is 0 Å². The summed E-state index contributed by atoms with van der Waals surface area (Å²) in [6, 6.07) is 11.3. The summed E-state index contributed by atoms with van der Waals surface area (Å²) in [6.07, 6.45) is -3.19. The Morgan fingerprint density at radius 3 is 2.49 bits per heavy atom. The van der Waals surface area contributed by atoms with Gasteiger partial charge in [0.2, 0.25) is 0 Å². The van der Waals surface area contributed by atoms with Crippen molar-refractivity contribution in [1.82, 2.24) is 4.90 Å². The van der Waals surface area contributed by atoms with E-state index in [1.165, 1.54) is 11.0 Å². The SMILES string of the molecule is COc1ccc(CN2C(=O)N(c3ccc(C#N)c(C(F)(F)F)c3)C3CC4(CCC32)OCCO4)cc1. The molecule has 2 aliphatic heterocycles. The number of fused-ring (bicyclic) bond motifs is 1. The number of rotatable bonds is 4. The third-order valence-corrected chi connectivity index (χ3v) is 7.00. The van der Waals surface area contributed by atoms with Crippen LogP contribution in [0.3, 0.4) is 0 Å². The Kier molecular flexibility index (Phi) is 5.85. The molecule has 3 fully saturated rings. The van der Waals surface area contributed by atoms with Crippen LogP contribution in [0.1, 0.15) is 36.0 Å². The highest BCUT2D eigenvalue weighted by atomic mass is 19.4. The molecule has 2 aromatic rings. The highest BCUT2D eigenvalue weighted by molar-refractivity contribution is 5.96. The number of benzene rings is 2. The van der Waals surface area contributed by atoms with E-state index in [4.69, 9.17) is 14.2 Å². The van der Waals surface area contributed by atoms with Crippen molar-refractivity contribution in [3.05, 3.63) is 59.2 Å². The summed E-state index contributed by atoms with van der Waals surface area (Å²) in [6.45, 7) is 1.18. The van der Waals surface area contributed by atoms with Crippen LogP contribution in [0.2, 0.25) is 0 Å². The number of urea groups is 1. The minimum atomic E-state index is -4.72. The highest BCUT2D eigenvalue weighted by Gasteiger charge is 2.55. The molecule has 0 aromatic heterocycles. The van der Waals surface area contributed by atoms with Gasteiger partial charge in [0, 0.05) is 25.1 Å². The number of halogens is 3. The maximum atomic E-state index is 13.7. The predicted octanol–water partition coefficient (Wildman–Crippen LogP) is 4.69. The van der Waals surface area contributed by atoms with E-state index in [1.54, 1.807) is 30.2 Å². The van der Waals surface area contributed by atoms with Crippen LogP contribution in [0.4, 0.5) is 23.7 Å². The van der Waals surface area contributed by atoms with Crippen LogP contribution in [0.5, 0.6) is 5.75 Å². The van der Waals surface area contributed by atoms with Crippen LogP contribution in [-0.2, 0) is 22.2 Å². The Hall–Kier alpha value is -3.29. The van der Waals surface area contributed by atoms with Gasteiger partial charge in [0.25, 0.3) is 0 Å². The molecule has 1 spiro atoms. The first-order valence-electron chi connectivity index (χ1n) is 11.4. The zero-order valence-corrected chi connectivity index (χ0v) is 19.0. The standard InChI is InChI=1S/C25H24F3N3O4/c1-33-19-6-2-16(3-7-19)15-30-21-8-9-24(34-10-11-35-24)13-22(21)31(23(30)32)18-5-4-17(14-29)20(12-18)25(26,27)28/h2-7,12,21-22H,8-11,13,15H2,1H3. The van der Waals surface area contributed by atoms with Gasteiger partial charge in [0.15, 0.2) is 5.79 Å². The Morgan fingerprint density at radius 2 is 1.86 bits per heavy atom. The number of hydrogen-bond donors (Lipinski definition) is 0. The molecular weight excluding hydrogens is 463 g/mol. The predicted molar refractivity (Wildman–Crippen MR) is 119 cm³/mol. The zero-order chi connectivity index (χ0) is 24.8. The molecule has 2 aromatic carbocycles. The van der Waals surface area contributed by atoms with E-state index < -0.39 is 29.1 Å². The topological polar surface area (TPSA) is 75.0 Å². The quantitative estimate of drug-likeness (QED) is 0.626. The number of amides is 2. The Labute approximate surface area is 200 Å². The summed E-state index contributed by atoms with van der Waals surface area (Å²) in [7, 11) is 1.57. The molecule has 184 valence electrons. The molecule has 2 heterocycles. The molecule has 3 aliphatic rings. The van der Waals surface area contributed by atoms with Crippen LogP contribution in [0, 0.1) is 11.3 Å². The first kappa shape index (κ1) is 23.5. The van der Waals surface area contributed by atoms with Crippen molar-refractivity contribution in [3.8, 4) is 11.8 Å². The third-order valence-electron chi connectivity index (χ3n) is 7.00. The van der Waals surface area contributed by atoms with Gasteiger partial charge in [-0.2, -0.15) is 18.4 Å². The fourth-order valence-electron chi connectivity index (χ4n) is 5.35. The molecule has 2 unspecified atom stereocenters. The second-order valence-electron chi connectivity index (χ2n) is 8.95. The molecule has 2 amide bonds. The van der Waals surface area contributed by atoms with Crippen molar-refractivity contribution in [2.24, 2.45) is 0 Å². The van der Waals surface area contributed by atoms with E-state index in [2.05, 4.69) is 0 Å². The molecule has 1 aliphatic carbocycles. The van der Waals surface area contributed by atoms with Crippen LogP contribution < -0.4 is 9.64 Å². The van der Waals surface area contributed by atoms with Crippen LogP contribution in [-0.4, -0.2) is 49.1 Å². The van der Waals surface area contributed by atoms with Gasteiger partial charge in [-0.1, -0.05) is 12.1 Å². The van der Waals surface area contributed by atoms with Gasteiger partial charge in [-0.3, -0.25) is 4.90 Å². The lowest BCUT2D eigenvalue weighted by Crippen LogP contribution is -2.50. The maximum Gasteiger partial charge on any atom is 0.417 e. The molecule has 0 N–H and O–H groups in total. The largest absolute Gasteiger partial charge is 0.497 e. The average molecular weight is 487 g/mol. The second-order valence-corrected chi connectivity index (χ2v) is 8.95. The summed E-state index contributed by atoms with van der Waals surface area (Å²) in [5.41, 5.74) is -0.565. The summed E-state index contributed by atoms with van der Waals surface area (Å²) in [5, 5.41) is 9.18. The monoisotopic (exact) mass is 487 g/mol. The molecule has 0 radical (unpaired) electrons. The molecule has 7 nitrogen and oxygen atoms in total. The van der Waals surface area contributed by atoms with E-state index in [0.29, 0.717) is 44.8 Å².